The van der Waals surface area contributed by atoms with Gasteiger partial charge in [0.1, 0.15) is 5.60 Å². The number of ether oxygens (including phenoxy) is 7. The molecule has 0 heterocycles. The lowest BCUT2D eigenvalue weighted by molar-refractivity contribution is 0.0500. The van der Waals surface area contributed by atoms with Crippen LogP contribution in [0, 0.1) is 11.3 Å². The first-order chi connectivity index (χ1) is 24.5. The summed E-state index contributed by atoms with van der Waals surface area (Å²) in [5.41, 5.74) is 0.292. The number of carbonyl (C=O) groups is 1. The Labute approximate surface area is 307 Å². The molecular weight excluding hydrogens is 648 g/mol. The minimum Gasteiger partial charge on any atom is -0.493 e. The smallest absolute Gasteiger partial charge is 0.407 e. The van der Waals surface area contributed by atoms with E-state index in [9.17, 15) is 10.1 Å². The van der Waals surface area contributed by atoms with Crippen LogP contribution in [0.25, 0.3) is 0 Å². The van der Waals surface area contributed by atoms with Crippen molar-refractivity contribution in [2.24, 2.45) is 0 Å². The molecule has 0 saturated carbocycles. The van der Waals surface area contributed by atoms with Crippen LogP contribution >= 0.6 is 0 Å². The Hall–Kier alpha value is -4.00. The van der Waals surface area contributed by atoms with Gasteiger partial charge in [-0.15, -0.1) is 0 Å². The molecule has 0 saturated heterocycles. The van der Waals surface area contributed by atoms with E-state index in [4.69, 9.17) is 33.2 Å². The Morgan fingerprint density at radius 2 is 1.39 bits per heavy atom. The van der Waals surface area contributed by atoms with Gasteiger partial charge in [-0.25, -0.2) is 4.79 Å². The van der Waals surface area contributed by atoms with Crippen molar-refractivity contribution >= 4 is 6.09 Å². The molecule has 10 nitrogen and oxygen atoms in total. The lowest BCUT2D eigenvalue weighted by Crippen LogP contribution is -2.40. The molecule has 2 rings (SSSR count). The summed E-state index contributed by atoms with van der Waals surface area (Å²) in [7, 11) is 6.39. The predicted octanol–water partition coefficient (Wildman–Crippen LogP) is 9.73. The van der Waals surface area contributed by atoms with Gasteiger partial charge in [-0.1, -0.05) is 58.9 Å². The van der Waals surface area contributed by atoms with Crippen molar-refractivity contribution in [1.82, 2.24) is 5.32 Å². The summed E-state index contributed by atoms with van der Waals surface area (Å²) in [4.78, 5) is 13.2. The molecule has 2 aromatic carbocycles. The molecule has 0 aliphatic heterocycles. The molecule has 0 aliphatic rings. The van der Waals surface area contributed by atoms with Crippen LogP contribution in [-0.2, 0) is 16.6 Å². The molecule has 1 N–H and O–H groups in total. The molecule has 0 fully saturated rings. The molecule has 2 atom stereocenters. The van der Waals surface area contributed by atoms with Crippen LogP contribution < -0.4 is 33.7 Å². The van der Waals surface area contributed by atoms with Crippen molar-refractivity contribution in [2.45, 2.75) is 136 Å². The summed E-state index contributed by atoms with van der Waals surface area (Å²) in [6.45, 7) is 13.0. The first-order valence-electron chi connectivity index (χ1n) is 18.6. The number of hydrogen-bond donors (Lipinski definition) is 1. The Morgan fingerprint density at radius 1 is 0.745 bits per heavy atom. The number of nitrogens with zero attached hydrogens (tertiary/aromatic N) is 1. The highest BCUT2D eigenvalue weighted by Gasteiger charge is 2.33. The summed E-state index contributed by atoms with van der Waals surface area (Å²) < 4.78 is 41.2. The fraction of sp³-hybridized carbons (Fsp3) is 0.659. The van der Waals surface area contributed by atoms with Crippen LogP contribution in [0.5, 0.6) is 34.5 Å². The zero-order valence-electron chi connectivity index (χ0n) is 33.0. The maximum Gasteiger partial charge on any atom is 0.407 e. The van der Waals surface area contributed by atoms with E-state index in [2.05, 4.69) is 32.2 Å². The minimum atomic E-state index is -0.749. The summed E-state index contributed by atoms with van der Waals surface area (Å²) in [5.74, 6) is 3.29. The summed E-state index contributed by atoms with van der Waals surface area (Å²) in [5, 5.41) is 13.8. The number of nitriles is 1. The van der Waals surface area contributed by atoms with Crippen molar-refractivity contribution in [3.8, 4) is 40.6 Å². The van der Waals surface area contributed by atoms with E-state index in [-0.39, 0.29) is 6.04 Å². The lowest BCUT2D eigenvalue weighted by Gasteiger charge is -2.29. The first-order valence-corrected chi connectivity index (χ1v) is 18.6. The molecule has 0 bridgehead atoms. The van der Waals surface area contributed by atoms with Crippen molar-refractivity contribution in [1.29, 1.82) is 5.26 Å². The summed E-state index contributed by atoms with van der Waals surface area (Å²) in [6, 6.07) is 9.95. The van der Waals surface area contributed by atoms with Gasteiger partial charge in [0.2, 0.25) is 11.5 Å². The van der Waals surface area contributed by atoms with Gasteiger partial charge >= 0.3 is 6.09 Å². The Morgan fingerprint density at radius 3 is 1.94 bits per heavy atom. The zero-order valence-corrected chi connectivity index (χ0v) is 33.0. The van der Waals surface area contributed by atoms with Crippen LogP contribution in [0.4, 0.5) is 4.79 Å². The van der Waals surface area contributed by atoms with Gasteiger partial charge in [-0.2, -0.15) is 5.26 Å². The van der Waals surface area contributed by atoms with Gasteiger partial charge in [0.25, 0.3) is 0 Å². The Kier molecular flexibility index (Phi) is 18.7. The second-order valence-corrected chi connectivity index (χ2v) is 14.0. The second kappa shape index (κ2) is 22.0. The molecule has 0 radical (unpaired) electrons. The normalized spacial score (nSPS) is 13.0. The van der Waals surface area contributed by atoms with E-state index < -0.39 is 17.1 Å². The number of alkyl carbamates (subject to hydrolysis) is 1. The van der Waals surface area contributed by atoms with Crippen molar-refractivity contribution < 1.29 is 38.0 Å². The van der Waals surface area contributed by atoms with E-state index in [1.165, 1.54) is 0 Å². The average Bonchev–Trinajstić information content (AvgIpc) is 3.10. The largest absolute Gasteiger partial charge is 0.493 e. The Bertz CT molecular complexity index is 1380. The molecule has 0 aromatic heterocycles. The zero-order chi connectivity index (χ0) is 37.9. The van der Waals surface area contributed by atoms with Gasteiger partial charge in [-0.3, -0.25) is 0 Å². The maximum atomic E-state index is 13.2. The third-order valence-corrected chi connectivity index (χ3v) is 8.81. The van der Waals surface area contributed by atoms with Crippen LogP contribution in [0.1, 0.15) is 123 Å². The van der Waals surface area contributed by atoms with E-state index in [1.807, 2.05) is 45.0 Å². The summed E-state index contributed by atoms with van der Waals surface area (Å²) >= 11 is 0. The molecule has 2 aromatic rings. The molecule has 10 heteroatoms. The number of nitrogens with one attached hydrogen (secondary N) is 1. The topological polar surface area (TPSA) is 118 Å². The minimum absolute atomic E-state index is 0.354. The van der Waals surface area contributed by atoms with Crippen LogP contribution in [-0.4, -0.2) is 59.4 Å². The lowest BCUT2D eigenvalue weighted by atomic mass is 9.74. The molecule has 0 aliphatic carbocycles. The molecule has 51 heavy (non-hydrogen) atoms. The van der Waals surface area contributed by atoms with Crippen LogP contribution in [0.3, 0.4) is 0 Å². The predicted molar refractivity (Wildman–Crippen MR) is 202 cm³/mol. The molecule has 1 amide bonds. The van der Waals surface area contributed by atoms with Crippen LogP contribution in [0.2, 0.25) is 0 Å². The van der Waals surface area contributed by atoms with E-state index in [0.717, 1.165) is 56.1 Å². The molecule has 286 valence electrons. The average molecular weight is 713 g/mol. The quantitative estimate of drug-likeness (QED) is 0.106. The summed E-state index contributed by atoms with van der Waals surface area (Å²) in [6.07, 6.45) is 9.26. The second-order valence-electron chi connectivity index (χ2n) is 14.0. The maximum absolute atomic E-state index is 13.2. The van der Waals surface area contributed by atoms with Crippen LogP contribution in [0.15, 0.2) is 24.3 Å². The molecule has 0 spiro atoms. The number of methoxy groups -OCH3 is 4. The highest BCUT2D eigenvalue weighted by atomic mass is 16.6. The van der Waals surface area contributed by atoms with E-state index in [0.29, 0.717) is 79.8 Å². The van der Waals surface area contributed by atoms with Gasteiger partial charge in [0.05, 0.1) is 53.1 Å². The third kappa shape index (κ3) is 13.2. The van der Waals surface area contributed by atoms with E-state index in [1.54, 1.807) is 28.4 Å². The highest BCUT2D eigenvalue weighted by Crippen LogP contribution is 2.48. The van der Waals surface area contributed by atoms with Crippen molar-refractivity contribution in [3.63, 3.8) is 0 Å². The van der Waals surface area contributed by atoms with Crippen molar-refractivity contribution in [2.75, 3.05) is 41.7 Å². The van der Waals surface area contributed by atoms with Gasteiger partial charge in [0, 0.05) is 11.6 Å². The number of benzene rings is 2. The van der Waals surface area contributed by atoms with Gasteiger partial charge in [-0.05, 0) is 89.5 Å². The number of rotatable bonds is 24. The fourth-order valence-corrected chi connectivity index (χ4v) is 6.27. The number of carbonyl (C=O) groups excluding carboxylic acids is 1. The number of hydrogen-bond acceptors (Lipinski definition) is 9. The van der Waals surface area contributed by atoms with E-state index >= 15 is 0 Å². The molecule has 1 unspecified atom stereocenters. The Balaban J connectivity index is 2.55. The molecular formula is C41H64N2O8. The monoisotopic (exact) mass is 712 g/mol. The standard InChI is InChI=1S/C41H64N2O8/c1-11-14-16-24-49-35-27-30(36(50-25-17-15-12-2)38(48-10)37(35)47-9)26-32(43-39(44)51-40(4,5)6)19-18-23-41(29-42,22-13-3)31-20-21-33(45-7)34(28-31)46-8/h20-21,27-28,32H,11-19,22-26H2,1-10H3,(H,43,44)/t32-,41?/m1/s1. The third-order valence-electron chi connectivity index (χ3n) is 8.81. The first kappa shape index (κ1) is 43.2. The van der Waals surface area contributed by atoms with Crippen molar-refractivity contribution in [3.05, 3.63) is 35.4 Å². The fourth-order valence-electron chi connectivity index (χ4n) is 6.27. The van der Waals surface area contributed by atoms with Gasteiger partial charge < -0.3 is 38.5 Å². The number of amides is 1. The number of unbranched alkanes of at least 4 members (excludes halogenated alkanes) is 4. The SMILES string of the molecule is CCCCCOc1cc(C[C@@H](CCCC(C#N)(CCC)c2ccc(OC)c(OC)c2)NC(=O)OC(C)(C)C)c(OCCCCC)c(OC)c1OC. The van der Waals surface area contributed by atoms with Gasteiger partial charge in [0.15, 0.2) is 23.0 Å². The highest BCUT2D eigenvalue weighted by molar-refractivity contribution is 5.68.